The van der Waals surface area contributed by atoms with Gasteiger partial charge in [0.25, 0.3) is 0 Å². The first-order valence-electron chi connectivity index (χ1n) is 5.56. The second-order valence-electron chi connectivity index (χ2n) is 3.73. The lowest BCUT2D eigenvalue weighted by Gasteiger charge is -2.03. The van der Waals surface area contributed by atoms with Gasteiger partial charge in [-0.2, -0.15) is 0 Å². The zero-order valence-corrected chi connectivity index (χ0v) is 12.9. The summed E-state index contributed by atoms with van der Waals surface area (Å²) < 4.78 is 33.3. The summed E-state index contributed by atoms with van der Waals surface area (Å²) in [4.78, 5) is 12.2. The Morgan fingerprint density at radius 1 is 1.47 bits per heavy atom. The molecule has 0 saturated carbocycles. The minimum atomic E-state index is -3.70. The van der Waals surface area contributed by atoms with Crippen LogP contribution in [-0.2, 0) is 32.0 Å². The third kappa shape index (κ3) is 5.81. The lowest BCUT2D eigenvalue weighted by atomic mass is 10.3. The number of carbonyl (C=O) groups is 1. The van der Waals surface area contributed by atoms with Crippen LogP contribution < -0.4 is 10.5 Å². The number of primary sulfonamides is 1. The molecule has 0 radical (unpaired) electrons. The molecule has 0 aliphatic rings. The monoisotopic (exact) mass is 324 g/mol. The SMILES string of the molecule is CCS(=O)CCNC(=O)Cc1ccc(S(N)(=O)=O)s1. The minimum Gasteiger partial charge on any atom is -0.355 e. The van der Waals surface area contributed by atoms with E-state index in [1.807, 2.05) is 6.92 Å². The maximum absolute atomic E-state index is 11.6. The van der Waals surface area contributed by atoms with Crippen LogP contribution in [-0.4, -0.2) is 36.6 Å². The van der Waals surface area contributed by atoms with Crippen molar-refractivity contribution in [3.05, 3.63) is 17.0 Å². The Morgan fingerprint density at radius 3 is 2.68 bits per heavy atom. The van der Waals surface area contributed by atoms with E-state index < -0.39 is 20.8 Å². The van der Waals surface area contributed by atoms with Gasteiger partial charge in [0.2, 0.25) is 15.9 Å². The Hall–Kier alpha value is -0.770. The van der Waals surface area contributed by atoms with Gasteiger partial charge in [-0.3, -0.25) is 9.00 Å². The van der Waals surface area contributed by atoms with E-state index in [2.05, 4.69) is 5.32 Å². The Balaban J connectivity index is 2.45. The van der Waals surface area contributed by atoms with Crippen molar-refractivity contribution in [2.45, 2.75) is 17.6 Å². The first-order chi connectivity index (χ1) is 8.82. The highest BCUT2D eigenvalue weighted by molar-refractivity contribution is 7.91. The van der Waals surface area contributed by atoms with Crippen molar-refractivity contribution in [1.82, 2.24) is 5.32 Å². The quantitative estimate of drug-likeness (QED) is 0.725. The van der Waals surface area contributed by atoms with E-state index in [1.54, 1.807) is 6.07 Å². The fraction of sp³-hybridized carbons (Fsp3) is 0.500. The molecule has 1 heterocycles. The predicted octanol–water partition coefficient (Wildman–Crippen LogP) is -0.177. The second-order valence-corrected chi connectivity index (χ2v) is 8.55. The van der Waals surface area contributed by atoms with Gasteiger partial charge >= 0.3 is 0 Å². The highest BCUT2D eigenvalue weighted by atomic mass is 32.2. The Kier molecular flexibility index (Phi) is 6.11. The molecule has 19 heavy (non-hydrogen) atoms. The normalized spacial score (nSPS) is 13.2. The average Bonchev–Trinajstić information content (AvgIpc) is 2.77. The van der Waals surface area contributed by atoms with Crippen molar-refractivity contribution < 1.29 is 17.4 Å². The van der Waals surface area contributed by atoms with E-state index in [4.69, 9.17) is 5.14 Å². The van der Waals surface area contributed by atoms with Gasteiger partial charge in [0, 0.05) is 33.7 Å². The first kappa shape index (κ1) is 16.3. The van der Waals surface area contributed by atoms with Crippen molar-refractivity contribution in [3.8, 4) is 0 Å². The molecule has 0 fully saturated rings. The summed E-state index contributed by atoms with van der Waals surface area (Å²) in [5.41, 5.74) is 0. The highest BCUT2D eigenvalue weighted by Gasteiger charge is 2.13. The Bertz CT molecular complexity index is 565. The number of hydrogen-bond donors (Lipinski definition) is 2. The number of thiophene rings is 1. The smallest absolute Gasteiger partial charge is 0.247 e. The molecule has 0 aromatic carbocycles. The fourth-order valence-electron chi connectivity index (χ4n) is 1.28. The van der Waals surface area contributed by atoms with Gasteiger partial charge in [-0.05, 0) is 12.1 Å². The molecule has 9 heteroatoms. The fourth-order valence-corrected chi connectivity index (χ4v) is 3.67. The summed E-state index contributed by atoms with van der Waals surface area (Å²) in [6.45, 7) is 2.17. The third-order valence-electron chi connectivity index (χ3n) is 2.23. The van der Waals surface area contributed by atoms with E-state index in [1.165, 1.54) is 6.07 Å². The summed E-state index contributed by atoms with van der Waals surface area (Å²) in [6.07, 6.45) is 0.0962. The van der Waals surface area contributed by atoms with E-state index in [0.29, 0.717) is 22.9 Å². The molecule has 1 amide bonds. The van der Waals surface area contributed by atoms with Crippen LogP contribution in [0, 0.1) is 0 Å². The summed E-state index contributed by atoms with van der Waals surface area (Å²) >= 11 is 0.979. The largest absolute Gasteiger partial charge is 0.355 e. The number of rotatable bonds is 7. The van der Waals surface area contributed by atoms with Crippen LogP contribution in [0.5, 0.6) is 0 Å². The first-order valence-corrected chi connectivity index (χ1v) is 9.41. The average molecular weight is 324 g/mol. The standard InChI is InChI=1S/C10H16N2O4S3/c1-2-18(14)6-5-12-9(13)7-8-3-4-10(17-8)19(11,15)16/h3-4H,2,5-7H2,1H3,(H,12,13)(H2,11,15,16). The third-order valence-corrected chi connectivity index (χ3v) is 6.05. The zero-order chi connectivity index (χ0) is 14.5. The van der Waals surface area contributed by atoms with Crippen molar-refractivity contribution in [2.75, 3.05) is 18.1 Å². The van der Waals surface area contributed by atoms with Crippen LogP contribution in [0.2, 0.25) is 0 Å². The van der Waals surface area contributed by atoms with E-state index in [9.17, 15) is 17.4 Å². The van der Waals surface area contributed by atoms with E-state index >= 15 is 0 Å². The van der Waals surface area contributed by atoms with Gasteiger partial charge in [0.15, 0.2) is 0 Å². The summed E-state index contributed by atoms with van der Waals surface area (Å²) in [6, 6.07) is 2.95. The van der Waals surface area contributed by atoms with Crippen molar-refractivity contribution in [1.29, 1.82) is 0 Å². The van der Waals surface area contributed by atoms with E-state index in [-0.39, 0.29) is 16.5 Å². The summed E-state index contributed by atoms with van der Waals surface area (Å²) in [5.74, 6) is 0.768. The second kappa shape index (κ2) is 7.13. The van der Waals surface area contributed by atoms with Gasteiger partial charge in [-0.1, -0.05) is 6.92 Å². The number of hydrogen-bond acceptors (Lipinski definition) is 5. The minimum absolute atomic E-state index is 0.0439. The van der Waals surface area contributed by atoms with Crippen molar-refractivity contribution >= 4 is 38.1 Å². The van der Waals surface area contributed by atoms with Crippen LogP contribution in [0.3, 0.4) is 0 Å². The maximum atomic E-state index is 11.6. The molecular formula is C10H16N2O4S3. The maximum Gasteiger partial charge on any atom is 0.247 e. The molecule has 1 rings (SSSR count). The topological polar surface area (TPSA) is 106 Å². The molecule has 0 saturated heterocycles. The molecule has 0 aliphatic carbocycles. The van der Waals surface area contributed by atoms with Gasteiger partial charge < -0.3 is 5.32 Å². The molecule has 108 valence electrons. The van der Waals surface area contributed by atoms with Gasteiger partial charge in [-0.25, -0.2) is 13.6 Å². The van der Waals surface area contributed by atoms with Gasteiger partial charge in [-0.15, -0.1) is 11.3 Å². The van der Waals surface area contributed by atoms with E-state index in [0.717, 1.165) is 11.3 Å². The Morgan fingerprint density at radius 2 is 2.16 bits per heavy atom. The molecule has 6 nitrogen and oxygen atoms in total. The van der Waals surface area contributed by atoms with Gasteiger partial charge in [0.05, 0.1) is 6.42 Å². The molecule has 3 N–H and O–H groups in total. The Labute approximate surface area is 118 Å². The summed E-state index contributed by atoms with van der Waals surface area (Å²) in [7, 11) is -4.61. The van der Waals surface area contributed by atoms with Crippen molar-refractivity contribution in [2.24, 2.45) is 5.14 Å². The number of sulfonamides is 1. The molecular weight excluding hydrogens is 308 g/mol. The summed E-state index contributed by atoms with van der Waals surface area (Å²) in [5, 5.41) is 7.62. The number of amides is 1. The molecule has 1 aromatic rings. The van der Waals surface area contributed by atoms with Crippen LogP contribution >= 0.6 is 11.3 Å². The van der Waals surface area contributed by atoms with Crippen LogP contribution in [0.15, 0.2) is 16.3 Å². The zero-order valence-electron chi connectivity index (χ0n) is 10.4. The predicted molar refractivity (Wildman–Crippen MR) is 76.0 cm³/mol. The van der Waals surface area contributed by atoms with Gasteiger partial charge in [0.1, 0.15) is 4.21 Å². The molecule has 0 spiro atoms. The van der Waals surface area contributed by atoms with Crippen LogP contribution in [0.25, 0.3) is 0 Å². The molecule has 1 aromatic heterocycles. The number of nitrogens with two attached hydrogens (primary N) is 1. The van der Waals surface area contributed by atoms with Crippen LogP contribution in [0.1, 0.15) is 11.8 Å². The lowest BCUT2D eigenvalue weighted by molar-refractivity contribution is -0.120. The number of nitrogens with one attached hydrogen (secondary N) is 1. The van der Waals surface area contributed by atoms with Crippen LogP contribution in [0.4, 0.5) is 0 Å². The molecule has 1 atom stereocenters. The molecule has 0 aliphatic heterocycles. The number of carbonyl (C=O) groups excluding carboxylic acids is 1. The lowest BCUT2D eigenvalue weighted by Crippen LogP contribution is -2.29. The van der Waals surface area contributed by atoms with Crippen molar-refractivity contribution in [3.63, 3.8) is 0 Å². The highest BCUT2D eigenvalue weighted by Crippen LogP contribution is 2.20. The molecule has 0 bridgehead atoms. The molecule has 1 unspecified atom stereocenters.